The largest absolute Gasteiger partial charge is 0.331 e. The number of nitrogens with one attached hydrogen (secondary N) is 2. The molecule has 1 unspecified atom stereocenters. The molecule has 0 fully saturated rings. The predicted octanol–water partition coefficient (Wildman–Crippen LogP) is 1.07. The van der Waals surface area contributed by atoms with Crippen LogP contribution in [0, 0.1) is 0 Å². The number of nitrogens with zero attached hydrogens (tertiary/aromatic N) is 3. The van der Waals surface area contributed by atoms with Crippen LogP contribution in [0.4, 0.5) is 0 Å². The molecule has 1 aliphatic rings. The first-order valence-corrected chi connectivity index (χ1v) is 7.93. The minimum atomic E-state index is -0.767. The predicted molar refractivity (Wildman–Crippen MR) is 88.5 cm³/mol. The van der Waals surface area contributed by atoms with E-state index in [9.17, 15) is 4.79 Å². The van der Waals surface area contributed by atoms with Crippen LogP contribution in [-0.4, -0.2) is 33.3 Å². The van der Waals surface area contributed by atoms with Crippen molar-refractivity contribution in [2.24, 2.45) is 10.7 Å². The van der Waals surface area contributed by atoms with Crippen LogP contribution in [0.25, 0.3) is 11.0 Å². The minimum absolute atomic E-state index is 0.187. The average Bonchev–Trinajstić information content (AvgIpc) is 3.11. The first kappa shape index (κ1) is 15.0. The first-order valence-electron chi connectivity index (χ1n) is 7.05. The van der Waals surface area contributed by atoms with E-state index in [0.717, 1.165) is 24.0 Å². The molecule has 0 bridgehead atoms. The maximum Gasteiger partial charge on any atom is 0.254 e. The van der Waals surface area contributed by atoms with Crippen molar-refractivity contribution in [3.05, 3.63) is 30.1 Å². The molecule has 4 N–H and O–H groups in total. The molecule has 8 heteroatoms. The van der Waals surface area contributed by atoms with Gasteiger partial charge >= 0.3 is 0 Å². The zero-order chi connectivity index (χ0) is 15.6. The van der Waals surface area contributed by atoms with Gasteiger partial charge in [-0.2, -0.15) is 0 Å². The van der Waals surface area contributed by atoms with Crippen molar-refractivity contribution in [2.45, 2.75) is 25.7 Å². The molecule has 0 saturated heterocycles. The Balaban J connectivity index is 1.80. The second kappa shape index (κ2) is 6.07. The van der Waals surface area contributed by atoms with Gasteiger partial charge in [-0.1, -0.05) is 0 Å². The third-order valence-corrected chi connectivity index (χ3v) is 4.19. The quantitative estimate of drug-likeness (QED) is 0.716. The normalized spacial score (nSPS) is 20.6. The van der Waals surface area contributed by atoms with Crippen molar-refractivity contribution in [3.8, 4) is 0 Å². The van der Waals surface area contributed by atoms with Crippen LogP contribution in [0.1, 0.15) is 23.7 Å². The van der Waals surface area contributed by atoms with Crippen molar-refractivity contribution < 1.29 is 4.79 Å². The summed E-state index contributed by atoms with van der Waals surface area (Å²) in [6, 6.07) is 5.50. The number of carbonyl (C=O) groups excluding carboxylic acids is 1. The Labute approximate surface area is 132 Å². The minimum Gasteiger partial charge on any atom is -0.331 e. The molecule has 1 aliphatic heterocycles. The number of amides is 1. The summed E-state index contributed by atoms with van der Waals surface area (Å²) in [4.78, 5) is 20.9. The van der Waals surface area contributed by atoms with Gasteiger partial charge in [0, 0.05) is 12.1 Å². The van der Waals surface area contributed by atoms with E-state index in [1.165, 1.54) is 11.9 Å². The van der Waals surface area contributed by atoms with Gasteiger partial charge < -0.3 is 15.6 Å². The van der Waals surface area contributed by atoms with Crippen LogP contribution in [-0.2, 0) is 6.54 Å². The molecular formula is C14H18N6OS. The lowest BCUT2D eigenvalue weighted by molar-refractivity contribution is 0.0907. The Hall–Kier alpha value is -1.90. The molecular weight excluding hydrogens is 300 g/mol. The van der Waals surface area contributed by atoms with E-state index in [-0.39, 0.29) is 5.91 Å². The van der Waals surface area contributed by atoms with E-state index in [0.29, 0.717) is 12.1 Å². The van der Waals surface area contributed by atoms with Gasteiger partial charge in [0.15, 0.2) is 5.79 Å². The molecule has 0 radical (unpaired) electrons. The van der Waals surface area contributed by atoms with Gasteiger partial charge in [-0.15, -0.1) is 0 Å². The summed E-state index contributed by atoms with van der Waals surface area (Å²) in [5.74, 6) is -0.954. The lowest BCUT2D eigenvalue weighted by atomic mass is 10.1. The fourth-order valence-corrected chi connectivity index (χ4v) is 2.94. The number of imidazole rings is 1. The number of rotatable bonds is 5. The van der Waals surface area contributed by atoms with Gasteiger partial charge in [-0.25, -0.2) is 14.7 Å². The molecule has 22 heavy (non-hydrogen) atoms. The Morgan fingerprint density at radius 2 is 2.41 bits per heavy atom. The highest BCUT2D eigenvalue weighted by atomic mass is 32.2. The molecule has 0 spiro atoms. The first-order chi connectivity index (χ1) is 10.6. The summed E-state index contributed by atoms with van der Waals surface area (Å²) >= 11 is 1.35. The number of aromatic nitrogens is 2. The van der Waals surface area contributed by atoms with Crippen LogP contribution in [0.15, 0.2) is 29.5 Å². The van der Waals surface area contributed by atoms with Gasteiger partial charge in [0.1, 0.15) is 0 Å². The van der Waals surface area contributed by atoms with Crippen molar-refractivity contribution in [2.75, 3.05) is 6.54 Å². The number of fused-ring (bicyclic) bond motifs is 1. The maximum absolute atomic E-state index is 12.3. The van der Waals surface area contributed by atoms with Crippen LogP contribution < -0.4 is 15.8 Å². The van der Waals surface area contributed by atoms with Gasteiger partial charge in [0.05, 0.1) is 22.9 Å². The van der Waals surface area contributed by atoms with Gasteiger partial charge in [0.2, 0.25) is 0 Å². The fraction of sp³-hybridized carbons (Fsp3) is 0.357. The van der Waals surface area contributed by atoms with E-state index in [2.05, 4.69) is 20.0 Å². The van der Waals surface area contributed by atoms with Crippen molar-refractivity contribution in [1.29, 1.82) is 0 Å². The lowest BCUT2D eigenvalue weighted by Crippen LogP contribution is -2.50. The number of carbonyl (C=O) groups is 1. The molecule has 1 aromatic heterocycles. The Morgan fingerprint density at radius 3 is 3.14 bits per heavy atom. The molecule has 1 aromatic carbocycles. The van der Waals surface area contributed by atoms with Crippen LogP contribution in [0.3, 0.4) is 0 Å². The number of benzene rings is 1. The molecule has 2 aromatic rings. The number of hydrogen-bond acceptors (Lipinski definition) is 6. The molecule has 116 valence electrons. The summed E-state index contributed by atoms with van der Waals surface area (Å²) in [5.41, 5.74) is 9.57. The number of hydrogen-bond donors (Lipinski definition) is 3. The third kappa shape index (κ3) is 2.99. The van der Waals surface area contributed by atoms with E-state index in [1.807, 2.05) is 17.6 Å². The highest BCUT2D eigenvalue weighted by molar-refractivity contribution is 8.10. The summed E-state index contributed by atoms with van der Waals surface area (Å²) in [6.45, 7) is 3.28. The molecule has 7 nitrogen and oxygen atoms in total. The van der Waals surface area contributed by atoms with Crippen LogP contribution in [0.5, 0.6) is 0 Å². The molecule has 3 rings (SSSR count). The van der Waals surface area contributed by atoms with Gasteiger partial charge in [0.25, 0.3) is 5.91 Å². The van der Waals surface area contributed by atoms with Gasteiger partial charge in [-0.05, 0) is 50.0 Å². The average molecular weight is 318 g/mol. The van der Waals surface area contributed by atoms with Crippen molar-refractivity contribution in [3.63, 3.8) is 0 Å². The lowest BCUT2D eigenvalue weighted by Gasteiger charge is -2.22. The van der Waals surface area contributed by atoms with E-state index in [1.54, 1.807) is 24.0 Å². The SMILES string of the molecule is CC1(NC(=O)c2ccc3c(c2)ncn3CCCN)N=CSN1. The Kier molecular flexibility index (Phi) is 4.14. The molecule has 2 heterocycles. The Bertz CT molecular complexity index is 727. The number of aliphatic imine (C=N–C) groups is 1. The standard InChI is InChI=1S/C14H18N6OS/c1-14(17-9-22-19-14)18-13(21)10-3-4-12-11(7-10)16-8-20(12)6-2-5-15/h3-4,7-9,19H,2,5-6,15H2,1H3,(H,18,21). The van der Waals surface area contributed by atoms with E-state index < -0.39 is 5.79 Å². The molecule has 1 atom stereocenters. The highest BCUT2D eigenvalue weighted by Gasteiger charge is 2.28. The topological polar surface area (TPSA) is 97.3 Å². The molecule has 0 saturated carbocycles. The summed E-state index contributed by atoms with van der Waals surface area (Å²) in [7, 11) is 0. The van der Waals surface area contributed by atoms with Crippen molar-refractivity contribution in [1.82, 2.24) is 19.6 Å². The van der Waals surface area contributed by atoms with Crippen molar-refractivity contribution >= 4 is 34.4 Å². The Morgan fingerprint density at radius 1 is 1.55 bits per heavy atom. The fourth-order valence-electron chi connectivity index (χ4n) is 2.30. The summed E-state index contributed by atoms with van der Waals surface area (Å²) in [5, 5.41) is 2.86. The number of nitrogens with two attached hydrogens (primary N) is 1. The smallest absolute Gasteiger partial charge is 0.254 e. The maximum atomic E-state index is 12.3. The summed E-state index contributed by atoms with van der Waals surface area (Å²) < 4.78 is 5.08. The number of aryl methyl sites for hydroxylation is 1. The van der Waals surface area contributed by atoms with E-state index >= 15 is 0 Å². The molecule has 1 amide bonds. The summed E-state index contributed by atoms with van der Waals surface area (Å²) in [6.07, 6.45) is 2.68. The van der Waals surface area contributed by atoms with Gasteiger partial charge in [-0.3, -0.25) is 4.79 Å². The second-order valence-corrected chi connectivity index (χ2v) is 5.92. The monoisotopic (exact) mass is 318 g/mol. The third-order valence-electron chi connectivity index (χ3n) is 3.46. The molecule has 0 aliphatic carbocycles. The zero-order valence-electron chi connectivity index (χ0n) is 12.2. The second-order valence-electron chi connectivity index (χ2n) is 5.26. The van der Waals surface area contributed by atoms with E-state index in [4.69, 9.17) is 5.73 Å². The zero-order valence-corrected chi connectivity index (χ0v) is 13.1. The highest BCUT2D eigenvalue weighted by Crippen LogP contribution is 2.18. The van der Waals surface area contributed by atoms with Crippen LogP contribution in [0.2, 0.25) is 0 Å². The van der Waals surface area contributed by atoms with Crippen LogP contribution >= 0.6 is 11.9 Å².